The largest absolute Gasteiger partial charge is 0.497 e. The van der Waals surface area contributed by atoms with Gasteiger partial charge in [-0.3, -0.25) is 4.98 Å². The molecule has 1 aromatic carbocycles. The van der Waals surface area contributed by atoms with Gasteiger partial charge in [-0.15, -0.1) is 0 Å². The molecule has 3 rings (SSSR count). The normalized spacial score (nSPS) is 14.5. The highest BCUT2D eigenvalue weighted by atomic mass is 16.5. The van der Waals surface area contributed by atoms with Crippen LogP contribution >= 0.6 is 0 Å². The number of rotatable bonds is 6. The molecule has 0 bridgehead atoms. The van der Waals surface area contributed by atoms with Crippen LogP contribution in [0.5, 0.6) is 11.5 Å². The Labute approximate surface area is 159 Å². The molecule has 144 valence electrons. The van der Waals surface area contributed by atoms with Crippen LogP contribution in [0.15, 0.2) is 42.7 Å². The molecule has 1 saturated heterocycles. The lowest BCUT2D eigenvalue weighted by Crippen LogP contribution is -2.39. The minimum absolute atomic E-state index is 0.227. The van der Waals surface area contributed by atoms with Gasteiger partial charge in [-0.25, -0.2) is 4.79 Å². The Bertz CT molecular complexity index is 746. The lowest BCUT2D eigenvalue weighted by atomic mass is 9.96. The number of amides is 2. The average Bonchev–Trinajstić information content (AvgIpc) is 2.73. The summed E-state index contributed by atoms with van der Waals surface area (Å²) >= 11 is 0. The van der Waals surface area contributed by atoms with E-state index in [1.165, 1.54) is 5.69 Å². The van der Waals surface area contributed by atoms with Crippen molar-refractivity contribution in [3.63, 3.8) is 0 Å². The second-order valence-electron chi connectivity index (χ2n) is 6.54. The number of nitrogens with one attached hydrogen (secondary N) is 2. The van der Waals surface area contributed by atoms with Gasteiger partial charge in [0.15, 0.2) is 0 Å². The zero-order valence-electron chi connectivity index (χ0n) is 15.8. The molecule has 0 aliphatic carbocycles. The van der Waals surface area contributed by atoms with Crippen LogP contribution in [-0.4, -0.2) is 44.9 Å². The van der Waals surface area contributed by atoms with Crippen LogP contribution in [0.2, 0.25) is 0 Å². The summed E-state index contributed by atoms with van der Waals surface area (Å²) in [4.78, 5) is 18.7. The number of benzene rings is 1. The van der Waals surface area contributed by atoms with E-state index in [0.717, 1.165) is 25.9 Å². The molecule has 0 spiro atoms. The lowest BCUT2D eigenvalue weighted by molar-refractivity contribution is 0.248. The molecule has 1 aromatic heterocycles. The molecule has 1 aliphatic heterocycles. The van der Waals surface area contributed by atoms with E-state index in [4.69, 9.17) is 9.47 Å². The summed E-state index contributed by atoms with van der Waals surface area (Å²) in [6.07, 6.45) is 5.74. The Kier molecular flexibility index (Phi) is 6.35. The van der Waals surface area contributed by atoms with Crippen molar-refractivity contribution in [3.8, 4) is 11.5 Å². The maximum Gasteiger partial charge on any atom is 0.319 e. The first kappa shape index (κ1) is 18.8. The number of anilines is 2. The monoisotopic (exact) mass is 370 g/mol. The minimum Gasteiger partial charge on any atom is -0.497 e. The molecule has 0 saturated carbocycles. The Balaban J connectivity index is 1.45. The summed E-state index contributed by atoms with van der Waals surface area (Å²) in [7, 11) is 3.16. The highest BCUT2D eigenvalue weighted by molar-refractivity contribution is 5.91. The van der Waals surface area contributed by atoms with Crippen LogP contribution in [-0.2, 0) is 0 Å². The number of carbonyl (C=O) groups excluding carboxylic acids is 1. The van der Waals surface area contributed by atoms with Gasteiger partial charge in [0.25, 0.3) is 0 Å². The van der Waals surface area contributed by atoms with Gasteiger partial charge in [0.2, 0.25) is 0 Å². The van der Waals surface area contributed by atoms with Crippen LogP contribution in [0.4, 0.5) is 16.2 Å². The number of hydrogen-bond acceptors (Lipinski definition) is 5. The SMILES string of the molecule is COc1ccc(NC(=O)NCC2CCN(c3ccncc3)CC2)c(OC)c1. The van der Waals surface area contributed by atoms with Gasteiger partial charge in [-0.05, 0) is 43.0 Å². The van der Waals surface area contributed by atoms with Crippen molar-refractivity contribution in [1.29, 1.82) is 0 Å². The molecule has 27 heavy (non-hydrogen) atoms. The number of piperidine rings is 1. The Morgan fingerprint density at radius 3 is 2.56 bits per heavy atom. The second kappa shape index (κ2) is 9.12. The molecule has 7 nitrogen and oxygen atoms in total. The molecule has 2 heterocycles. The fraction of sp³-hybridized carbons (Fsp3) is 0.400. The van der Waals surface area contributed by atoms with E-state index in [9.17, 15) is 4.79 Å². The summed E-state index contributed by atoms with van der Waals surface area (Å²) in [5.74, 6) is 1.72. The van der Waals surface area contributed by atoms with Gasteiger partial charge < -0.3 is 25.0 Å². The van der Waals surface area contributed by atoms with E-state index < -0.39 is 0 Å². The number of carbonyl (C=O) groups is 1. The van der Waals surface area contributed by atoms with Crippen molar-refractivity contribution < 1.29 is 14.3 Å². The van der Waals surface area contributed by atoms with E-state index >= 15 is 0 Å². The summed E-state index contributed by atoms with van der Waals surface area (Å²) in [5.41, 5.74) is 1.82. The fourth-order valence-corrected chi connectivity index (χ4v) is 3.26. The van der Waals surface area contributed by atoms with E-state index in [2.05, 4.69) is 20.5 Å². The van der Waals surface area contributed by atoms with Gasteiger partial charge in [0.05, 0.1) is 19.9 Å². The number of aromatic nitrogens is 1. The predicted molar refractivity (Wildman–Crippen MR) is 106 cm³/mol. The van der Waals surface area contributed by atoms with Crippen molar-refractivity contribution in [2.45, 2.75) is 12.8 Å². The van der Waals surface area contributed by atoms with E-state index in [1.807, 2.05) is 24.5 Å². The fourth-order valence-electron chi connectivity index (χ4n) is 3.26. The van der Waals surface area contributed by atoms with Crippen LogP contribution in [0.1, 0.15) is 12.8 Å². The topological polar surface area (TPSA) is 75.7 Å². The summed E-state index contributed by atoms with van der Waals surface area (Å²) in [5, 5.41) is 5.81. The summed E-state index contributed by atoms with van der Waals surface area (Å²) < 4.78 is 10.5. The van der Waals surface area contributed by atoms with Gasteiger partial charge in [0, 0.05) is 43.8 Å². The number of hydrogen-bond donors (Lipinski definition) is 2. The number of methoxy groups -OCH3 is 2. The third-order valence-corrected chi connectivity index (χ3v) is 4.85. The molecule has 2 aromatic rings. The van der Waals surface area contributed by atoms with E-state index in [1.54, 1.807) is 32.4 Å². The van der Waals surface area contributed by atoms with Crippen LogP contribution in [0.3, 0.4) is 0 Å². The first-order valence-electron chi connectivity index (χ1n) is 9.11. The van der Waals surface area contributed by atoms with Crippen molar-refractivity contribution in [2.75, 3.05) is 44.1 Å². The number of pyridine rings is 1. The summed E-state index contributed by atoms with van der Waals surface area (Å²) in [6.45, 7) is 2.64. The second-order valence-corrected chi connectivity index (χ2v) is 6.54. The molecular weight excluding hydrogens is 344 g/mol. The molecule has 7 heteroatoms. The first-order chi connectivity index (χ1) is 13.2. The standard InChI is InChI=1S/C20H26N4O3/c1-26-17-3-4-18(19(13-17)27-2)23-20(25)22-14-15-7-11-24(12-8-15)16-5-9-21-10-6-16/h3-6,9-10,13,15H,7-8,11-12,14H2,1-2H3,(H2,22,23,25). The molecule has 0 radical (unpaired) electrons. The van der Waals surface area contributed by atoms with E-state index in [-0.39, 0.29) is 6.03 Å². The third kappa shape index (κ3) is 5.03. The predicted octanol–water partition coefficient (Wildman–Crippen LogP) is 3.14. The van der Waals surface area contributed by atoms with Crippen molar-refractivity contribution in [2.24, 2.45) is 5.92 Å². The molecule has 2 amide bonds. The molecular formula is C20H26N4O3. The summed E-state index contributed by atoms with van der Waals surface area (Å²) in [6, 6.07) is 9.14. The molecule has 1 aliphatic rings. The van der Waals surface area contributed by atoms with E-state index in [0.29, 0.717) is 29.6 Å². The average molecular weight is 370 g/mol. The Morgan fingerprint density at radius 1 is 1.15 bits per heavy atom. The molecule has 0 unspecified atom stereocenters. The van der Waals surface area contributed by atoms with Crippen LogP contribution in [0, 0.1) is 5.92 Å². The van der Waals surface area contributed by atoms with Crippen molar-refractivity contribution in [1.82, 2.24) is 10.3 Å². The number of ether oxygens (including phenoxy) is 2. The van der Waals surface area contributed by atoms with Gasteiger partial charge in [0.1, 0.15) is 11.5 Å². The molecule has 2 N–H and O–H groups in total. The highest BCUT2D eigenvalue weighted by Gasteiger charge is 2.20. The smallest absolute Gasteiger partial charge is 0.319 e. The maximum atomic E-state index is 12.2. The molecule has 0 atom stereocenters. The zero-order chi connectivity index (χ0) is 19.1. The number of nitrogens with zero attached hydrogens (tertiary/aromatic N) is 2. The highest BCUT2D eigenvalue weighted by Crippen LogP contribution is 2.29. The van der Waals surface area contributed by atoms with Crippen LogP contribution < -0.4 is 25.0 Å². The van der Waals surface area contributed by atoms with Crippen molar-refractivity contribution in [3.05, 3.63) is 42.7 Å². The third-order valence-electron chi connectivity index (χ3n) is 4.85. The van der Waals surface area contributed by atoms with Gasteiger partial charge >= 0.3 is 6.03 Å². The zero-order valence-corrected chi connectivity index (χ0v) is 15.8. The van der Waals surface area contributed by atoms with Crippen LogP contribution in [0.25, 0.3) is 0 Å². The quantitative estimate of drug-likeness (QED) is 0.817. The van der Waals surface area contributed by atoms with Gasteiger partial charge in [-0.2, -0.15) is 0 Å². The minimum atomic E-state index is -0.227. The number of urea groups is 1. The van der Waals surface area contributed by atoms with Gasteiger partial charge in [-0.1, -0.05) is 0 Å². The molecule has 1 fully saturated rings. The van der Waals surface area contributed by atoms with Crippen molar-refractivity contribution >= 4 is 17.4 Å². The lowest BCUT2D eigenvalue weighted by Gasteiger charge is -2.33. The first-order valence-corrected chi connectivity index (χ1v) is 9.11. The Hall–Kier alpha value is -2.96. The Morgan fingerprint density at radius 2 is 1.89 bits per heavy atom. The maximum absolute atomic E-state index is 12.2.